The van der Waals surface area contributed by atoms with E-state index in [-0.39, 0.29) is 24.9 Å². The third kappa shape index (κ3) is 2.61. The van der Waals surface area contributed by atoms with E-state index in [0.29, 0.717) is 0 Å². The van der Waals surface area contributed by atoms with Gasteiger partial charge in [-0.25, -0.2) is 8.78 Å². The van der Waals surface area contributed by atoms with Crippen LogP contribution in [0.2, 0.25) is 0 Å². The van der Waals surface area contributed by atoms with E-state index >= 15 is 0 Å². The van der Waals surface area contributed by atoms with Gasteiger partial charge >= 0.3 is 5.97 Å². The molecule has 1 atom stereocenters. The van der Waals surface area contributed by atoms with Crippen molar-refractivity contribution in [2.45, 2.75) is 19.8 Å². The van der Waals surface area contributed by atoms with Gasteiger partial charge in [-0.15, -0.1) is 0 Å². The topological polar surface area (TPSA) is 63.3 Å². The number of aliphatic carboxylic acids is 1. The number of halogens is 2. The third-order valence-electron chi connectivity index (χ3n) is 3.10. The van der Waals surface area contributed by atoms with Crippen LogP contribution in [0.4, 0.5) is 8.78 Å². The first-order valence-electron chi connectivity index (χ1n) is 5.33. The van der Waals surface area contributed by atoms with Crippen molar-refractivity contribution in [1.82, 2.24) is 0 Å². The normalized spacial score (nSPS) is 14.4. The Kier molecular flexibility index (Phi) is 4.17. The van der Waals surface area contributed by atoms with Gasteiger partial charge in [0, 0.05) is 12.1 Å². The molecule has 0 saturated carbocycles. The average Bonchev–Trinajstić information content (AvgIpc) is 2.29. The molecule has 94 valence electrons. The first kappa shape index (κ1) is 13.6. The summed E-state index contributed by atoms with van der Waals surface area (Å²) in [5.74, 6) is -2.61. The monoisotopic (exact) mass is 243 g/mol. The largest absolute Gasteiger partial charge is 0.481 e. The van der Waals surface area contributed by atoms with Crippen molar-refractivity contribution in [3.05, 3.63) is 35.4 Å². The van der Waals surface area contributed by atoms with Gasteiger partial charge in [-0.2, -0.15) is 0 Å². The zero-order chi connectivity index (χ0) is 13.1. The van der Waals surface area contributed by atoms with Gasteiger partial charge in [0.1, 0.15) is 11.6 Å². The summed E-state index contributed by atoms with van der Waals surface area (Å²) in [7, 11) is 0. The second-order valence-corrected chi connectivity index (χ2v) is 4.02. The quantitative estimate of drug-likeness (QED) is 0.830. The molecule has 1 unspecified atom stereocenters. The van der Waals surface area contributed by atoms with Crippen LogP contribution >= 0.6 is 0 Å². The molecule has 0 aliphatic carbocycles. The minimum absolute atomic E-state index is 0.160. The summed E-state index contributed by atoms with van der Waals surface area (Å²) in [5.41, 5.74) is 3.90. The fraction of sp³-hybridized carbons (Fsp3) is 0.417. The van der Waals surface area contributed by atoms with E-state index in [0.717, 1.165) is 12.1 Å². The predicted octanol–water partition coefficient (Wildman–Crippen LogP) is 1.95. The van der Waals surface area contributed by atoms with Crippen molar-refractivity contribution in [2.75, 3.05) is 6.54 Å². The van der Waals surface area contributed by atoms with Gasteiger partial charge in [-0.05, 0) is 25.0 Å². The van der Waals surface area contributed by atoms with Gasteiger partial charge in [0.25, 0.3) is 0 Å². The van der Waals surface area contributed by atoms with Crippen LogP contribution in [0, 0.1) is 17.0 Å². The molecule has 0 amide bonds. The molecule has 1 aromatic rings. The summed E-state index contributed by atoms with van der Waals surface area (Å²) in [6.07, 6.45) is -0.0273. The number of carboxylic acid groups (broad SMARTS) is 1. The van der Waals surface area contributed by atoms with Gasteiger partial charge in [-0.1, -0.05) is 13.0 Å². The highest BCUT2D eigenvalue weighted by molar-refractivity contribution is 5.75. The number of benzene rings is 1. The van der Waals surface area contributed by atoms with E-state index in [4.69, 9.17) is 10.8 Å². The molecule has 0 aliphatic rings. The molecule has 0 heterocycles. The highest BCUT2D eigenvalue weighted by atomic mass is 19.1. The molecule has 3 N–H and O–H groups in total. The van der Waals surface area contributed by atoms with E-state index in [1.165, 1.54) is 6.07 Å². The maximum atomic E-state index is 13.4. The Morgan fingerprint density at radius 2 is 1.94 bits per heavy atom. The standard InChI is InChI=1S/C12H15F2NO2/c1-2-12(7-15,11(16)17)6-8-9(13)4-3-5-10(8)14/h3-5H,2,6-7,15H2,1H3,(H,16,17). The first-order chi connectivity index (χ1) is 7.96. The summed E-state index contributed by atoms with van der Waals surface area (Å²) >= 11 is 0. The van der Waals surface area contributed by atoms with Gasteiger partial charge in [0.2, 0.25) is 0 Å². The Bertz CT molecular complexity index is 397. The lowest BCUT2D eigenvalue weighted by atomic mass is 9.79. The molecule has 5 heteroatoms. The van der Waals surface area contributed by atoms with Crippen LogP contribution in [0.1, 0.15) is 18.9 Å². The third-order valence-corrected chi connectivity index (χ3v) is 3.10. The second-order valence-electron chi connectivity index (χ2n) is 4.02. The number of nitrogens with two attached hydrogens (primary N) is 1. The van der Waals surface area contributed by atoms with E-state index in [1.807, 2.05) is 0 Å². The van der Waals surface area contributed by atoms with Gasteiger partial charge in [0.15, 0.2) is 0 Å². The molecule has 0 aromatic heterocycles. The van der Waals surface area contributed by atoms with Crippen molar-refractivity contribution < 1.29 is 18.7 Å². The molecule has 1 aromatic carbocycles. The Morgan fingerprint density at radius 3 is 2.29 bits per heavy atom. The minimum Gasteiger partial charge on any atom is -0.481 e. The predicted molar refractivity (Wildman–Crippen MR) is 59.5 cm³/mol. The Hall–Kier alpha value is -1.49. The Labute approximate surface area is 98.2 Å². The van der Waals surface area contributed by atoms with E-state index < -0.39 is 23.0 Å². The minimum atomic E-state index is -1.32. The van der Waals surface area contributed by atoms with Crippen LogP contribution in [0.25, 0.3) is 0 Å². The van der Waals surface area contributed by atoms with Crippen molar-refractivity contribution in [3.8, 4) is 0 Å². The summed E-state index contributed by atoms with van der Waals surface area (Å²) in [5, 5.41) is 9.14. The van der Waals surface area contributed by atoms with Crippen molar-refractivity contribution in [2.24, 2.45) is 11.1 Å². The summed E-state index contributed by atoms with van der Waals surface area (Å²) in [4.78, 5) is 11.2. The average molecular weight is 243 g/mol. The number of hydrogen-bond acceptors (Lipinski definition) is 2. The first-order valence-corrected chi connectivity index (χ1v) is 5.33. The van der Waals surface area contributed by atoms with Crippen LogP contribution in [0.15, 0.2) is 18.2 Å². The molecule has 0 aliphatic heterocycles. The van der Waals surface area contributed by atoms with E-state index in [9.17, 15) is 13.6 Å². The number of carbonyl (C=O) groups is 1. The van der Waals surface area contributed by atoms with Gasteiger partial charge in [-0.3, -0.25) is 4.79 Å². The summed E-state index contributed by atoms with van der Waals surface area (Å²) in [6, 6.07) is 3.46. The number of rotatable bonds is 5. The Balaban J connectivity index is 3.14. The maximum absolute atomic E-state index is 13.4. The molecule has 0 radical (unpaired) electrons. The zero-order valence-corrected chi connectivity index (χ0v) is 9.54. The summed E-state index contributed by atoms with van der Waals surface area (Å²) < 4.78 is 26.9. The molecule has 17 heavy (non-hydrogen) atoms. The highest BCUT2D eigenvalue weighted by Crippen LogP contribution is 2.28. The van der Waals surface area contributed by atoms with Crippen LogP contribution in [0.5, 0.6) is 0 Å². The lowest BCUT2D eigenvalue weighted by Gasteiger charge is -2.26. The van der Waals surface area contributed by atoms with Crippen molar-refractivity contribution >= 4 is 5.97 Å². The van der Waals surface area contributed by atoms with Crippen molar-refractivity contribution in [1.29, 1.82) is 0 Å². The van der Waals surface area contributed by atoms with Gasteiger partial charge < -0.3 is 10.8 Å². The fourth-order valence-corrected chi connectivity index (χ4v) is 1.70. The smallest absolute Gasteiger partial charge is 0.311 e. The molecular formula is C12H15F2NO2. The lowest BCUT2D eigenvalue weighted by molar-refractivity contribution is -0.148. The fourth-order valence-electron chi connectivity index (χ4n) is 1.70. The number of hydrogen-bond donors (Lipinski definition) is 2. The Morgan fingerprint density at radius 1 is 1.41 bits per heavy atom. The summed E-state index contributed by atoms with van der Waals surface area (Å²) in [6.45, 7) is 1.48. The van der Waals surface area contributed by atoms with Crippen LogP contribution < -0.4 is 5.73 Å². The molecule has 0 spiro atoms. The SMILES string of the molecule is CCC(CN)(Cc1c(F)cccc1F)C(=O)O. The van der Waals surface area contributed by atoms with Gasteiger partial charge in [0.05, 0.1) is 5.41 Å². The number of carboxylic acids is 1. The second kappa shape index (κ2) is 5.23. The highest BCUT2D eigenvalue weighted by Gasteiger charge is 2.37. The van der Waals surface area contributed by atoms with Crippen LogP contribution in [0.3, 0.4) is 0 Å². The maximum Gasteiger partial charge on any atom is 0.311 e. The van der Waals surface area contributed by atoms with E-state index in [2.05, 4.69) is 0 Å². The molecule has 1 rings (SSSR count). The molecule has 0 saturated heterocycles. The zero-order valence-electron chi connectivity index (χ0n) is 9.54. The molecule has 3 nitrogen and oxygen atoms in total. The van der Waals surface area contributed by atoms with E-state index in [1.54, 1.807) is 6.92 Å². The van der Waals surface area contributed by atoms with Crippen molar-refractivity contribution in [3.63, 3.8) is 0 Å². The molecular weight excluding hydrogens is 228 g/mol. The molecule has 0 bridgehead atoms. The van der Waals surface area contributed by atoms with Crippen LogP contribution in [-0.2, 0) is 11.2 Å². The van der Waals surface area contributed by atoms with Crippen LogP contribution in [-0.4, -0.2) is 17.6 Å². The lowest BCUT2D eigenvalue weighted by Crippen LogP contribution is -2.40. The molecule has 0 fully saturated rings.